The monoisotopic (exact) mass is 582 g/mol. The van der Waals surface area contributed by atoms with Crippen LogP contribution < -0.4 is 4.90 Å². The molecule has 0 saturated heterocycles. The van der Waals surface area contributed by atoms with E-state index in [9.17, 15) is 14.7 Å². The number of aliphatic hydroxyl groups excluding tert-OH is 1. The van der Waals surface area contributed by atoms with Gasteiger partial charge in [-0.2, -0.15) is 0 Å². The Morgan fingerprint density at radius 2 is 2.12 bits per heavy atom. The van der Waals surface area contributed by atoms with E-state index < -0.39 is 11.5 Å². The third kappa shape index (κ3) is 5.84. The van der Waals surface area contributed by atoms with Gasteiger partial charge in [-0.05, 0) is 60.1 Å². The smallest absolute Gasteiger partial charge is 0.305 e. The summed E-state index contributed by atoms with van der Waals surface area (Å²) in [6.45, 7) is 2.90. The van der Waals surface area contributed by atoms with Crippen LogP contribution in [0, 0.1) is 9.49 Å². The van der Waals surface area contributed by atoms with Crippen LogP contribution in [0.15, 0.2) is 36.5 Å². The number of esters is 1. The second-order valence-electron chi connectivity index (χ2n) is 8.37. The first-order valence-corrected chi connectivity index (χ1v) is 12.5. The molecule has 0 radical (unpaired) electrons. The topological polar surface area (TPSA) is 118 Å². The predicted octanol–water partition coefficient (Wildman–Crippen LogP) is 2.58. The summed E-state index contributed by atoms with van der Waals surface area (Å²) >= 11 is 2.18. The number of halogens is 1. The first-order chi connectivity index (χ1) is 16.3. The molecule has 2 aromatic rings. The highest BCUT2D eigenvalue weighted by Crippen LogP contribution is 2.45. The van der Waals surface area contributed by atoms with Crippen LogP contribution in [-0.2, 0) is 32.9 Å². The molecular weight excluding hydrogens is 551 g/mol. The van der Waals surface area contributed by atoms with Gasteiger partial charge in [0.25, 0.3) is 5.91 Å². The van der Waals surface area contributed by atoms with Gasteiger partial charge in [0.05, 0.1) is 18.5 Å². The van der Waals surface area contributed by atoms with Gasteiger partial charge in [0, 0.05) is 53.8 Å². The summed E-state index contributed by atoms with van der Waals surface area (Å²) in [4.78, 5) is 26.5. The zero-order chi connectivity index (χ0) is 24.7. The van der Waals surface area contributed by atoms with Crippen molar-refractivity contribution in [3.8, 4) is 0 Å². The van der Waals surface area contributed by atoms with Gasteiger partial charge in [0.1, 0.15) is 0 Å². The Labute approximate surface area is 212 Å². The molecule has 1 aromatic carbocycles. The molecule has 2 heterocycles. The molecule has 9 nitrogen and oxygen atoms in total. The number of rotatable bonds is 12. The Hall–Kier alpha value is -2.31. The number of aromatic nitrogens is 3. The Morgan fingerprint density at radius 1 is 1.32 bits per heavy atom. The number of aliphatic hydroxyl groups is 2. The fraction of sp³-hybridized carbons (Fsp3) is 0.500. The molecule has 0 unspecified atom stereocenters. The number of fused-ring (bicyclic) bond motifs is 1. The molecule has 2 atom stereocenters. The summed E-state index contributed by atoms with van der Waals surface area (Å²) in [6.07, 6.45) is 8.28. The van der Waals surface area contributed by atoms with Gasteiger partial charge in [-0.3, -0.25) is 14.3 Å². The number of nitrogens with zero attached hydrogens (tertiary/aromatic N) is 4. The van der Waals surface area contributed by atoms with Crippen LogP contribution in [0.2, 0.25) is 0 Å². The van der Waals surface area contributed by atoms with Gasteiger partial charge >= 0.3 is 5.97 Å². The van der Waals surface area contributed by atoms with E-state index in [1.807, 2.05) is 37.3 Å². The van der Waals surface area contributed by atoms with Crippen molar-refractivity contribution in [2.45, 2.75) is 51.2 Å². The molecule has 34 heavy (non-hydrogen) atoms. The largest absolute Gasteiger partial charge is 0.469 e. The molecule has 0 saturated carbocycles. The van der Waals surface area contributed by atoms with E-state index in [-0.39, 0.29) is 18.5 Å². The van der Waals surface area contributed by atoms with Gasteiger partial charge in [-0.25, -0.2) is 0 Å². The minimum absolute atomic E-state index is 0.0332. The fourth-order valence-corrected chi connectivity index (χ4v) is 4.60. The average Bonchev–Trinajstić information content (AvgIpc) is 3.36. The van der Waals surface area contributed by atoms with Crippen LogP contribution >= 0.6 is 22.6 Å². The molecule has 1 aliphatic heterocycles. The van der Waals surface area contributed by atoms with Crippen LogP contribution in [0.25, 0.3) is 0 Å². The van der Waals surface area contributed by atoms with Crippen molar-refractivity contribution in [3.63, 3.8) is 0 Å². The van der Waals surface area contributed by atoms with E-state index in [0.717, 1.165) is 9.26 Å². The standard InChI is InChI=1S/C24H31IN4O5/c1-17(7-3-5-12-28-16-19(11-14-30)26-27-28)24(33)20-15-18(25)9-10-21(20)29(23(24)32)13-6-4-8-22(31)34-2/h3,7,9-10,15-17,30,33H,4-6,8,11-14H2,1-2H3/b7-3+/t17-,24+/m0/s1. The van der Waals surface area contributed by atoms with Crippen molar-refractivity contribution >= 4 is 40.2 Å². The highest BCUT2D eigenvalue weighted by Gasteiger charge is 2.52. The van der Waals surface area contributed by atoms with Crippen LogP contribution in [0.4, 0.5) is 5.69 Å². The van der Waals surface area contributed by atoms with Gasteiger partial charge in [-0.1, -0.05) is 24.3 Å². The number of hydrogen-bond donors (Lipinski definition) is 2. The first-order valence-electron chi connectivity index (χ1n) is 11.4. The minimum atomic E-state index is -1.66. The molecule has 0 bridgehead atoms. The molecule has 2 N–H and O–H groups in total. The summed E-state index contributed by atoms with van der Waals surface area (Å²) in [5, 5.41) is 28.7. The van der Waals surface area contributed by atoms with E-state index in [0.29, 0.717) is 56.4 Å². The zero-order valence-corrected chi connectivity index (χ0v) is 21.6. The zero-order valence-electron chi connectivity index (χ0n) is 19.5. The van der Waals surface area contributed by atoms with Crippen molar-refractivity contribution < 1.29 is 24.5 Å². The molecule has 0 fully saturated rings. The van der Waals surface area contributed by atoms with Gasteiger partial charge in [0.2, 0.25) is 0 Å². The fourth-order valence-electron chi connectivity index (χ4n) is 4.11. The van der Waals surface area contributed by atoms with Crippen LogP contribution in [0.3, 0.4) is 0 Å². The van der Waals surface area contributed by atoms with Crippen molar-refractivity contribution in [2.24, 2.45) is 5.92 Å². The molecule has 1 amide bonds. The molecule has 3 rings (SSSR count). The molecule has 1 aliphatic rings. The maximum atomic E-state index is 13.4. The summed E-state index contributed by atoms with van der Waals surface area (Å²) in [6, 6.07) is 5.66. The third-order valence-electron chi connectivity index (χ3n) is 6.03. The van der Waals surface area contributed by atoms with Crippen LogP contribution in [0.5, 0.6) is 0 Å². The maximum Gasteiger partial charge on any atom is 0.305 e. The highest BCUT2D eigenvalue weighted by molar-refractivity contribution is 14.1. The van der Waals surface area contributed by atoms with E-state index in [1.165, 1.54) is 7.11 Å². The maximum absolute atomic E-state index is 13.4. The molecule has 1 aromatic heterocycles. The summed E-state index contributed by atoms with van der Waals surface area (Å²) in [7, 11) is 1.36. The second-order valence-corrected chi connectivity index (χ2v) is 9.62. The van der Waals surface area contributed by atoms with Crippen molar-refractivity contribution in [1.82, 2.24) is 15.0 Å². The van der Waals surface area contributed by atoms with Gasteiger partial charge in [0.15, 0.2) is 5.60 Å². The predicted molar refractivity (Wildman–Crippen MR) is 135 cm³/mol. The number of amides is 1. The van der Waals surface area contributed by atoms with E-state index >= 15 is 0 Å². The van der Waals surface area contributed by atoms with Gasteiger partial charge in [-0.15, -0.1) is 5.10 Å². The van der Waals surface area contributed by atoms with Crippen LogP contribution in [-0.4, -0.2) is 57.3 Å². The Kier molecular flexibility index (Phi) is 9.20. The number of allylic oxidation sites excluding steroid dienone is 1. The number of methoxy groups -OCH3 is 1. The number of carbonyl (C=O) groups is 2. The number of unbranched alkanes of at least 4 members (excludes halogenated alkanes) is 1. The van der Waals surface area contributed by atoms with Crippen LogP contribution in [0.1, 0.15) is 43.9 Å². The number of hydrogen-bond acceptors (Lipinski definition) is 7. The third-order valence-corrected chi connectivity index (χ3v) is 6.71. The summed E-state index contributed by atoms with van der Waals surface area (Å²) in [5.74, 6) is -1.06. The van der Waals surface area contributed by atoms with Crippen molar-refractivity contribution in [3.05, 3.63) is 51.4 Å². The quantitative estimate of drug-likeness (QED) is 0.171. The van der Waals surface area contributed by atoms with Crippen molar-refractivity contribution in [2.75, 3.05) is 25.2 Å². The molecule has 184 valence electrons. The number of benzene rings is 1. The lowest BCUT2D eigenvalue weighted by molar-refractivity contribution is -0.140. The van der Waals surface area contributed by atoms with Gasteiger partial charge < -0.3 is 19.8 Å². The number of ether oxygens (including phenoxy) is 1. The molecule has 0 aliphatic carbocycles. The highest BCUT2D eigenvalue weighted by atomic mass is 127. The minimum Gasteiger partial charge on any atom is -0.469 e. The lowest BCUT2D eigenvalue weighted by atomic mass is 9.83. The molecular formula is C24H31IN4O5. The summed E-state index contributed by atoms with van der Waals surface area (Å²) < 4.78 is 7.33. The molecule has 0 spiro atoms. The molecule has 10 heteroatoms. The van der Waals surface area contributed by atoms with E-state index in [1.54, 1.807) is 15.8 Å². The first kappa shape index (κ1) is 26.3. The number of anilines is 1. The number of carbonyl (C=O) groups excluding carboxylic acids is 2. The van der Waals surface area contributed by atoms with Crippen molar-refractivity contribution in [1.29, 1.82) is 0 Å². The van der Waals surface area contributed by atoms with E-state index in [4.69, 9.17) is 5.11 Å². The Bertz CT molecular complexity index is 1040. The second kappa shape index (κ2) is 11.9. The lowest BCUT2D eigenvalue weighted by Gasteiger charge is -2.27. The normalized spacial score (nSPS) is 18.5. The van der Waals surface area contributed by atoms with E-state index in [2.05, 4.69) is 37.6 Å². The lowest BCUT2D eigenvalue weighted by Crippen LogP contribution is -2.44. The average molecular weight is 582 g/mol. The Morgan fingerprint density at radius 3 is 2.85 bits per heavy atom. The number of aryl methyl sites for hydroxylation is 1. The SMILES string of the molecule is COC(=O)CCCCN1C(=O)[C@@](O)([C@@H](C)/C=C/CCn2cc(CCO)nn2)c2cc(I)ccc21. The Balaban J connectivity index is 1.68. The summed E-state index contributed by atoms with van der Waals surface area (Å²) in [5.41, 5.74) is 0.407.